The number of ether oxygens (including phenoxy) is 2. The first-order valence-corrected chi connectivity index (χ1v) is 12.3. The van der Waals surface area contributed by atoms with Gasteiger partial charge in [0.25, 0.3) is 5.90 Å². The first-order chi connectivity index (χ1) is 11.7. The molecule has 0 aromatic carbocycles. The van der Waals surface area contributed by atoms with Crippen molar-refractivity contribution in [3.05, 3.63) is 0 Å². The molecule has 10 heteroatoms. The third kappa shape index (κ3) is 10.7. The lowest BCUT2D eigenvalue weighted by atomic mass is 10.0. The molecular formula is C15H28N2O5PS2+. The summed E-state index contributed by atoms with van der Waals surface area (Å²) < 4.78 is 10.1. The minimum Gasteiger partial charge on any atom is -0.464 e. The van der Waals surface area contributed by atoms with Crippen molar-refractivity contribution in [2.75, 3.05) is 25.3 Å². The van der Waals surface area contributed by atoms with E-state index in [9.17, 15) is 14.4 Å². The average molecular weight is 412 g/mol. The summed E-state index contributed by atoms with van der Waals surface area (Å²) in [6, 6.07) is -1.50. The van der Waals surface area contributed by atoms with E-state index in [-0.39, 0.29) is 24.2 Å². The number of amides is 2. The van der Waals surface area contributed by atoms with E-state index in [1.165, 1.54) is 11.4 Å². The molecule has 0 rings (SSSR count). The molecule has 0 saturated carbocycles. The number of rotatable bonds is 12. The van der Waals surface area contributed by atoms with Gasteiger partial charge in [0.2, 0.25) is 18.2 Å². The molecule has 144 valence electrons. The lowest BCUT2D eigenvalue weighted by molar-refractivity contribution is -0.147. The van der Waals surface area contributed by atoms with E-state index >= 15 is 0 Å². The fraction of sp³-hybridized carbons (Fsp3) is 0.800. The Bertz CT molecular complexity index is 477. The highest BCUT2D eigenvalue weighted by atomic mass is 32.9. The Morgan fingerprint density at radius 1 is 1.12 bits per heavy atom. The normalized spacial score (nSPS) is 13.8. The third-order valence-electron chi connectivity index (χ3n) is 3.00. The zero-order chi connectivity index (χ0) is 19.4. The molecule has 0 aromatic rings. The maximum atomic E-state index is 12.3. The molecule has 1 unspecified atom stereocenters. The lowest BCUT2D eigenvalue weighted by Crippen LogP contribution is -2.53. The van der Waals surface area contributed by atoms with Gasteiger partial charge in [0, 0.05) is 6.61 Å². The van der Waals surface area contributed by atoms with E-state index in [0.717, 1.165) is 0 Å². The van der Waals surface area contributed by atoms with E-state index in [2.05, 4.69) is 10.6 Å². The summed E-state index contributed by atoms with van der Waals surface area (Å²) in [5, 5.41) is 5.28. The van der Waals surface area contributed by atoms with Crippen molar-refractivity contribution < 1.29 is 23.9 Å². The van der Waals surface area contributed by atoms with Gasteiger partial charge in [0.05, 0.1) is 6.61 Å². The second-order valence-electron chi connectivity index (χ2n) is 5.50. The summed E-state index contributed by atoms with van der Waals surface area (Å²) in [5.74, 6) is -1.99. The zero-order valence-corrected chi connectivity index (χ0v) is 17.9. The molecule has 0 saturated heterocycles. The van der Waals surface area contributed by atoms with Crippen LogP contribution in [0, 0.1) is 5.92 Å². The van der Waals surface area contributed by atoms with Crippen LogP contribution < -0.4 is 10.6 Å². The van der Waals surface area contributed by atoms with E-state index in [1.54, 1.807) is 13.8 Å². The molecule has 0 aliphatic carbocycles. The van der Waals surface area contributed by atoms with Crippen LogP contribution >= 0.6 is 17.3 Å². The van der Waals surface area contributed by atoms with Gasteiger partial charge in [0.15, 0.2) is 11.8 Å². The van der Waals surface area contributed by atoms with Gasteiger partial charge in [-0.3, -0.25) is 9.59 Å². The van der Waals surface area contributed by atoms with E-state index in [0.29, 0.717) is 13.0 Å². The predicted octanol–water partition coefficient (Wildman–Crippen LogP) is 1.78. The fourth-order valence-electron chi connectivity index (χ4n) is 1.71. The fourth-order valence-corrected chi connectivity index (χ4v) is 4.39. The van der Waals surface area contributed by atoms with Gasteiger partial charge in [-0.25, -0.2) is 4.79 Å². The number of nitrogens with one attached hydrogen (secondary N) is 2. The molecule has 0 fully saturated rings. The number of hydrogen-bond donors (Lipinski definition) is 2. The molecule has 7 nitrogen and oxygen atoms in total. The van der Waals surface area contributed by atoms with Gasteiger partial charge < -0.3 is 20.1 Å². The molecule has 0 heterocycles. The number of hydrogen-bond acceptors (Lipinski definition) is 7. The van der Waals surface area contributed by atoms with Gasteiger partial charge in [-0.1, -0.05) is 13.8 Å². The highest BCUT2D eigenvalue weighted by Gasteiger charge is 2.28. The molecule has 0 spiro atoms. The maximum absolute atomic E-state index is 12.3. The zero-order valence-electron chi connectivity index (χ0n) is 15.4. The smallest absolute Gasteiger partial charge is 0.328 e. The van der Waals surface area contributed by atoms with Crippen LogP contribution in [0.2, 0.25) is 0 Å². The van der Waals surface area contributed by atoms with Crippen LogP contribution in [-0.4, -0.2) is 55.2 Å². The second kappa shape index (κ2) is 13.4. The standard InChI is InChI=1S/C15H27N2O5PS2/c1-6-21-9-23(24)25-8-12(18)17-13(10(3)4)14(19)16-11(5)15(20)22-7-2/h10-11,13H,6-9H2,1-5H3,(H-,16,17,18,19)/p+1/t11-,13-/m0/s1. The molecule has 2 N–H and O–H groups in total. The van der Waals surface area contributed by atoms with Crippen LogP contribution in [0.15, 0.2) is 0 Å². The van der Waals surface area contributed by atoms with Crippen molar-refractivity contribution in [2.24, 2.45) is 5.92 Å². The summed E-state index contributed by atoms with van der Waals surface area (Å²) in [4.78, 5) is 36.0. The van der Waals surface area contributed by atoms with E-state index < -0.39 is 29.9 Å². The maximum Gasteiger partial charge on any atom is 0.328 e. The SMILES string of the molecule is CCOC[P+](=S)SCC(=O)N[C@H](C(=O)N[C@@H](C)C(=O)OCC)C(C)C. The van der Waals surface area contributed by atoms with Crippen LogP contribution in [0.1, 0.15) is 34.6 Å². The molecule has 0 aliphatic rings. The van der Waals surface area contributed by atoms with Gasteiger partial charge in [0.1, 0.15) is 29.2 Å². The number of carbonyl (C=O) groups is 3. The van der Waals surface area contributed by atoms with Crippen molar-refractivity contribution >= 4 is 46.9 Å². The summed E-state index contributed by atoms with van der Waals surface area (Å²) >= 11 is 6.59. The Balaban J connectivity index is 4.53. The highest BCUT2D eigenvalue weighted by molar-refractivity contribution is 8.64. The Morgan fingerprint density at radius 2 is 1.76 bits per heavy atom. The monoisotopic (exact) mass is 411 g/mol. The van der Waals surface area contributed by atoms with Crippen molar-refractivity contribution in [3.63, 3.8) is 0 Å². The van der Waals surface area contributed by atoms with Crippen LogP contribution in [-0.2, 0) is 35.7 Å². The predicted molar refractivity (Wildman–Crippen MR) is 104 cm³/mol. The first-order valence-electron chi connectivity index (χ1n) is 8.14. The van der Waals surface area contributed by atoms with Crippen LogP contribution in [0.5, 0.6) is 0 Å². The molecule has 2 amide bonds. The van der Waals surface area contributed by atoms with Crippen LogP contribution in [0.25, 0.3) is 0 Å². The Hall–Kier alpha value is -0.760. The minimum atomic E-state index is -0.846. The molecule has 0 bridgehead atoms. The summed E-state index contributed by atoms with van der Waals surface area (Å²) in [7, 11) is 0. The van der Waals surface area contributed by atoms with E-state index in [4.69, 9.17) is 21.3 Å². The quantitative estimate of drug-likeness (QED) is 0.373. The van der Waals surface area contributed by atoms with Crippen LogP contribution in [0.3, 0.4) is 0 Å². The topological polar surface area (TPSA) is 93.7 Å². The van der Waals surface area contributed by atoms with Gasteiger partial charge >= 0.3 is 5.97 Å². The Labute approximate surface area is 159 Å². The summed E-state index contributed by atoms with van der Waals surface area (Å²) in [6.45, 7) is 9.61. The van der Waals surface area contributed by atoms with Crippen molar-refractivity contribution in [2.45, 2.75) is 46.7 Å². The third-order valence-corrected chi connectivity index (χ3v) is 6.91. The first kappa shape index (κ1) is 24.2. The van der Waals surface area contributed by atoms with Crippen molar-refractivity contribution in [1.82, 2.24) is 10.6 Å². The molecule has 0 aliphatic heterocycles. The highest BCUT2D eigenvalue weighted by Crippen LogP contribution is 2.37. The summed E-state index contributed by atoms with van der Waals surface area (Å²) in [6.07, 6.45) is 0.463. The van der Waals surface area contributed by atoms with Crippen molar-refractivity contribution in [1.29, 1.82) is 0 Å². The van der Waals surface area contributed by atoms with Gasteiger partial charge in [-0.05, 0) is 26.7 Å². The molecular weight excluding hydrogens is 383 g/mol. The molecule has 3 atom stereocenters. The molecule has 0 radical (unpaired) electrons. The number of esters is 1. The molecule has 0 aromatic heterocycles. The number of carbonyl (C=O) groups excluding carboxylic acids is 3. The van der Waals surface area contributed by atoms with E-state index in [1.807, 2.05) is 20.8 Å². The van der Waals surface area contributed by atoms with Crippen molar-refractivity contribution in [3.8, 4) is 0 Å². The Kier molecular flexibility index (Phi) is 13.0. The molecule has 25 heavy (non-hydrogen) atoms. The van der Waals surface area contributed by atoms with Crippen LogP contribution in [0.4, 0.5) is 0 Å². The lowest BCUT2D eigenvalue weighted by Gasteiger charge is -2.23. The van der Waals surface area contributed by atoms with Gasteiger partial charge in [-0.15, -0.1) is 0 Å². The largest absolute Gasteiger partial charge is 0.464 e. The minimum absolute atomic E-state index is 0.128. The average Bonchev–Trinajstić information content (AvgIpc) is 2.55. The Morgan fingerprint density at radius 3 is 2.28 bits per heavy atom. The summed E-state index contributed by atoms with van der Waals surface area (Å²) in [5.41, 5.74) is 0. The van der Waals surface area contributed by atoms with Gasteiger partial charge in [-0.2, -0.15) is 0 Å². The second-order valence-corrected chi connectivity index (χ2v) is 11.1.